The standard InChI is InChI=1S/C14H15N3O4/c1-21-12(14(19)20)9-15-13(18)10-3-5-11(6-4-10)17-8-2-7-16-17/h2-8,12H,9H2,1H3,(H,15,18)(H,19,20). The van der Waals surface area contributed by atoms with Gasteiger partial charge < -0.3 is 15.2 Å². The first-order chi connectivity index (χ1) is 10.1. The third-order valence-electron chi connectivity index (χ3n) is 2.91. The third kappa shape index (κ3) is 3.67. The van der Waals surface area contributed by atoms with Gasteiger partial charge in [-0.2, -0.15) is 5.10 Å². The van der Waals surface area contributed by atoms with Gasteiger partial charge in [0.2, 0.25) is 0 Å². The molecule has 0 aliphatic carbocycles. The minimum absolute atomic E-state index is 0.0917. The molecule has 2 aromatic rings. The molecule has 1 aromatic carbocycles. The van der Waals surface area contributed by atoms with Crippen molar-refractivity contribution in [3.05, 3.63) is 48.3 Å². The molecule has 7 nitrogen and oxygen atoms in total. The van der Waals surface area contributed by atoms with Gasteiger partial charge in [-0.15, -0.1) is 0 Å². The summed E-state index contributed by atoms with van der Waals surface area (Å²) < 4.78 is 6.41. The Labute approximate surface area is 121 Å². The summed E-state index contributed by atoms with van der Waals surface area (Å²) in [5.41, 5.74) is 1.27. The molecule has 0 aliphatic rings. The van der Waals surface area contributed by atoms with E-state index < -0.39 is 12.1 Å². The quantitative estimate of drug-likeness (QED) is 0.816. The molecule has 1 heterocycles. The normalized spacial score (nSPS) is 11.9. The first-order valence-corrected chi connectivity index (χ1v) is 6.25. The lowest BCUT2D eigenvalue weighted by atomic mass is 10.2. The fraction of sp³-hybridized carbons (Fsp3) is 0.214. The van der Waals surface area contributed by atoms with Crippen LogP contribution in [0.3, 0.4) is 0 Å². The number of ether oxygens (including phenoxy) is 1. The number of nitrogens with one attached hydrogen (secondary N) is 1. The average Bonchev–Trinajstić information content (AvgIpc) is 3.01. The van der Waals surface area contributed by atoms with Crippen LogP contribution in [0.1, 0.15) is 10.4 Å². The number of aliphatic carboxylic acids is 1. The zero-order valence-corrected chi connectivity index (χ0v) is 11.4. The molecule has 0 aliphatic heterocycles. The van der Waals surface area contributed by atoms with Gasteiger partial charge in [0.1, 0.15) is 0 Å². The fourth-order valence-corrected chi connectivity index (χ4v) is 1.75. The monoisotopic (exact) mass is 289 g/mol. The number of carbonyl (C=O) groups is 2. The van der Waals surface area contributed by atoms with Crippen molar-refractivity contribution in [2.75, 3.05) is 13.7 Å². The number of methoxy groups -OCH3 is 1. The summed E-state index contributed by atoms with van der Waals surface area (Å²) in [4.78, 5) is 22.7. The molecule has 7 heteroatoms. The van der Waals surface area contributed by atoms with Gasteiger partial charge in [-0.05, 0) is 30.3 Å². The van der Waals surface area contributed by atoms with E-state index in [1.54, 1.807) is 47.4 Å². The van der Waals surface area contributed by atoms with E-state index in [1.807, 2.05) is 0 Å². The lowest BCUT2D eigenvalue weighted by molar-refractivity contribution is -0.148. The van der Waals surface area contributed by atoms with Crippen LogP contribution in [0.25, 0.3) is 5.69 Å². The van der Waals surface area contributed by atoms with Crippen LogP contribution in [0.15, 0.2) is 42.7 Å². The van der Waals surface area contributed by atoms with Gasteiger partial charge in [-0.1, -0.05) is 0 Å². The summed E-state index contributed by atoms with van der Waals surface area (Å²) >= 11 is 0. The second-order valence-corrected chi connectivity index (χ2v) is 4.27. The third-order valence-corrected chi connectivity index (χ3v) is 2.91. The van der Waals surface area contributed by atoms with Crippen molar-refractivity contribution in [1.29, 1.82) is 0 Å². The van der Waals surface area contributed by atoms with E-state index in [9.17, 15) is 9.59 Å². The molecule has 1 unspecified atom stereocenters. The molecule has 0 saturated heterocycles. The minimum atomic E-state index is -1.12. The number of carboxylic acids is 1. The summed E-state index contributed by atoms with van der Waals surface area (Å²) in [6.45, 7) is -0.0917. The average molecular weight is 289 g/mol. The Morgan fingerprint density at radius 2 is 2.10 bits per heavy atom. The number of carbonyl (C=O) groups excluding carboxylic acids is 1. The largest absolute Gasteiger partial charge is 0.479 e. The van der Waals surface area contributed by atoms with E-state index in [-0.39, 0.29) is 12.5 Å². The molecule has 21 heavy (non-hydrogen) atoms. The highest BCUT2D eigenvalue weighted by Gasteiger charge is 2.17. The highest BCUT2D eigenvalue weighted by Crippen LogP contribution is 2.08. The predicted octanol–water partition coefficient (Wildman–Crippen LogP) is 0.702. The van der Waals surface area contributed by atoms with Crippen molar-refractivity contribution < 1.29 is 19.4 Å². The molecule has 1 atom stereocenters. The van der Waals surface area contributed by atoms with Crippen LogP contribution >= 0.6 is 0 Å². The van der Waals surface area contributed by atoms with Gasteiger partial charge in [0.15, 0.2) is 6.10 Å². The first-order valence-electron chi connectivity index (χ1n) is 6.25. The topological polar surface area (TPSA) is 93.5 Å². The summed E-state index contributed by atoms with van der Waals surface area (Å²) in [5.74, 6) is -1.47. The molecule has 2 rings (SSSR count). The minimum Gasteiger partial charge on any atom is -0.479 e. The Bertz CT molecular complexity index is 608. The maximum absolute atomic E-state index is 11.9. The highest BCUT2D eigenvalue weighted by atomic mass is 16.5. The van der Waals surface area contributed by atoms with E-state index >= 15 is 0 Å². The van der Waals surface area contributed by atoms with Crippen LogP contribution in [-0.2, 0) is 9.53 Å². The number of aromatic nitrogens is 2. The molecule has 0 bridgehead atoms. The predicted molar refractivity (Wildman–Crippen MR) is 74.3 cm³/mol. The van der Waals surface area contributed by atoms with Crippen molar-refractivity contribution in [2.45, 2.75) is 6.10 Å². The summed E-state index contributed by atoms with van der Waals surface area (Å²) in [6, 6.07) is 8.61. The van der Waals surface area contributed by atoms with Crippen LogP contribution in [-0.4, -0.2) is 46.5 Å². The molecule has 0 fully saturated rings. The Hall–Kier alpha value is -2.67. The van der Waals surface area contributed by atoms with E-state index in [4.69, 9.17) is 9.84 Å². The molecule has 2 N–H and O–H groups in total. The molecular weight excluding hydrogens is 274 g/mol. The van der Waals surface area contributed by atoms with Gasteiger partial charge in [-0.3, -0.25) is 4.79 Å². The number of amides is 1. The zero-order valence-electron chi connectivity index (χ0n) is 11.4. The van der Waals surface area contributed by atoms with E-state index in [2.05, 4.69) is 10.4 Å². The van der Waals surface area contributed by atoms with Crippen LogP contribution in [0.5, 0.6) is 0 Å². The summed E-state index contributed by atoms with van der Waals surface area (Å²) in [5, 5.41) is 15.4. The highest BCUT2D eigenvalue weighted by molar-refractivity contribution is 5.94. The van der Waals surface area contributed by atoms with Crippen LogP contribution in [0.4, 0.5) is 0 Å². The lowest BCUT2D eigenvalue weighted by Gasteiger charge is -2.11. The van der Waals surface area contributed by atoms with Crippen molar-refractivity contribution in [1.82, 2.24) is 15.1 Å². The Kier molecular flexibility index (Phi) is 4.68. The number of hydrogen-bond donors (Lipinski definition) is 2. The van der Waals surface area contributed by atoms with Gasteiger partial charge >= 0.3 is 5.97 Å². The van der Waals surface area contributed by atoms with Gasteiger partial charge in [0, 0.05) is 25.1 Å². The second-order valence-electron chi connectivity index (χ2n) is 4.27. The molecule has 110 valence electrons. The molecule has 1 aromatic heterocycles. The smallest absolute Gasteiger partial charge is 0.334 e. The van der Waals surface area contributed by atoms with Gasteiger partial charge in [0.25, 0.3) is 5.91 Å². The Morgan fingerprint density at radius 3 is 2.62 bits per heavy atom. The molecule has 0 radical (unpaired) electrons. The van der Waals surface area contributed by atoms with Crippen molar-refractivity contribution >= 4 is 11.9 Å². The molecule has 0 spiro atoms. The Morgan fingerprint density at radius 1 is 1.38 bits per heavy atom. The van der Waals surface area contributed by atoms with Crippen molar-refractivity contribution in [3.63, 3.8) is 0 Å². The zero-order chi connectivity index (χ0) is 15.2. The number of benzene rings is 1. The van der Waals surface area contributed by atoms with Crippen molar-refractivity contribution in [2.24, 2.45) is 0 Å². The van der Waals surface area contributed by atoms with Crippen LogP contribution < -0.4 is 5.32 Å². The maximum atomic E-state index is 11.9. The first kappa shape index (κ1) is 14.7. The van der Waals surface area contributed by atoms with E-state index in [0.717, 1.165) is 5.69 Å². The van der Waals surface area contributed by atoms with Gasteiger partial charge in [-0.25, -0.2) is 9.48 Å². The second kappa shape index (κ2) is 6.67. The van der Waals surface area contributed by atoms with E-state index in [1.165, 1.54) is 7.11 Å². The number of nitrogens with zero attached hydrogens (tertiary/aromatic N) is 2. The molecule has 1 amide bonds. The lowest BCUT2D eigenvalue weighted by Crippen LogP contribution is -2.37. The summed E-state index contributed by atoms with van der Waals surface area (Å²) in [7, 11) is 1.28. The van der Waals surface area contributed by atoms with Gasteiger partial charge in [0.05, 0.1) is 12.2 Å². The van der Waals surface area contributed by atoms with E-state index in [0.29, 0.717) is 5.56 Å². The number of rotatable bonds is 6. The van der Waals surface area contributed by atoms with Crippen LogP contribution in [0.2, 0.25) is 0 Å². The SMILES string of the molecule is COC(CNC(=O)c1ccc(-n2cccn2)cc1)C(=O)O. The Balaban J connectivity index is 1.98. The van der Waals surface area contributed by atoms with Crippen LogP contribution in [0, 0.1) is 0 Å². The molecular formula is C14H15N3O4. The summed E-state index contributed by atoms with van der Waals surface area (Å²) in [6.07, 6.45) is 2.40. The fourth-order valence-electron chi connectivity index (χ4n) is 1.75. The number of hydrogen-bond acceptors (Lipinski definition) is 4. The molecule has 0 saturated carbocycles. The van der Waals surface area contributed by atoms with Crippen molar-refractivity contribution in [3.8, 4) is 5.69 Å². The maximum Gasteiger partial charge on any atom is 0.334 e. The number of carboxylic acid groups (broad SMARTS) is 1.